The van der Waals surface area contributed by atoms with Gasteiger partial charge in [0.15, 0.2) is 0 Å². The Morgan fingerprint density at radius 2 is 1.42 bits per heavy atom. The van der Waals surface area contributed by atoms with Crippen LogP contribution in [0.4, 0.5) is 0 Å². The van der Waals surface area contributed by atoms with Crippen LogP contribution in [0, 0.1) is 32.7 Å². The zero-order valence-electron chi connectivity index (χ0n) is 41.0. The largest absolute Gasteiger partial charge is 0.500 e. The molecular formula is C51H50IrN2O-2. The number of pyridine rings is 2. The van der Waals surface area contributed by atoms with Crippen molar-refractivity contribution in [1.82, 2.24) is 9.97 Å². The van der Waals surface area contributed by atoms with Gasteiger partial charge in [0.2, 0.25) is 0 Å². The second-order valence-corrected chi connectivity index (χ2v) is 15.2. The molecule has 0 saturated heterocycles. The molecule has 0 saturated carbocycles. The first-order chi connectivity index (χ1) is 29.5. The first kappa shape index (κ1) is 29.4. The summed E-state index contributed by atoms with van der Waals surface area (Å²) in [5.41, 5.74) is 7.00. The molecule has 0 unspecified atom stereocenters. The van der Waals surface area contributed by atoms with Crippen molar-refractivity contribution in [3.05, 3.63) is 155 Å². The van der Waals surface area contributed by atoms with Crippen molar-refractivity contribution in [2.75, 3.05) is 0 Å². The monoisotopic (exact) mass is 908 g/mol. The van der Waals surface area contributed by atoms with E-state index in [4.69, 9.17) is 16.8 Å². The van der Waals surface area contributed by atoms with Crippen LogP contribution >= 0.6 is 0 Å². The SMILES string of the molecule is [2H]C([2H])([2H])c1c[c-]c(-c2ccc(C(C)(C)C)cn2)cc1.[2H]C([2H])([2H])c1cnc(-c2[c-]ccc3c2oc2c4ccccc4ccc32)cc1-c1ccc(C(C)(CC)CC)cc1C([2H])([2H])[2H].[Ir]. The first-order valence-electron chi connectivity index (χ1n) is 22.9. The van der Waals surface area contributed by atoms with E-state index in [-0.39, 0.29) is 42.1 Å². The first-order valence-corrected chi connectivity index (χ1v) is 18.4. The van der Waals surface area contributed by atoms with E-state index in [1.165, 1.54) is 17.8 Å². The average Bonchev–Trinajstić information content (AvgIpc) is 3.64. The molecule has 281 valence electrons. The van der Waals surface area contributed by atoms with Gasteiger partial charge in [0.05, 0.1) is 5.58 Å². The van der Waals surface area contributed by atoms with Gasteiger partial charge in [-0.2, -0.15) is 0 Å². The summed E-state index contributed by atoms with van der Waals surface area (Å²) < 4.78 is 78.6. The standard InChI is InChI=1S/C35H32NO.C16H18N.Ir/c1-6-35(5,7-2)25-16-18-26(22(3)19-25)31-20-32(36-21-23(31)4)30-14-10-13-28-29-17-15-24-11-8-9-12-27(24)33(29)37-34(28)30;1-12-5-7-13(8-6-12)15-10-9-14(11-17-15)16(2,3)4;/h8-13,15-21H,6-7H2,1-5H3;5-7,9-11H,1-4H3;/q2*-1;/i3D3,4D3;1D3;. The normalized spacial score (nSPS) is 14.8. The number of furan rings is 1. The van der Waals surface area contributed by atoms with Gasteiger partial charge in [-0.15, -0.1) is 53.6 Å². The van der Waals surface area contributed by atoms with E-state index in [1.807, 2.05) is 60.8 Å². The molecule has 0 aliphatic heterocycles. The van der Waals surface area contributed by atoms with Gasteiger partial charge in [0, 0.05) is 55.6 Å². The van der Waals surface area contributed by atoms with Gasteiger partial charge in [-0.25, -0.2) is 0 Å². The van der Waals surface area contributed by atoms with Crippen LogP contribution < -0.4 is 0 Å². The molecule has 3 aromatic heterocycles. The van der Waals surface area contributed by atoms with E-state index in [2.05, 4.69) is 69.7 Å². The number of aromatic nitrogens is 2. The fraction of sp³-hybridized carbons (Fsp3) is 0.255. The summed E-state index contributed by atoms with van der Waals surface area (Å²) in [4.78, 5) is 9.00. The minimum atomic E-state index is -2.51. The molecule has 0 aliphatic carbocycles. The Kier molecular flexibility index (Phi) is 8.59. The van der Waals surface area contributed by atoms with Crippen LogP contribution in [-0.4, -0.2) is 9.97 Å². The predicted molar refractivity (Wildman–Crippen MR) is 228 cm³/mol. The topological polar surface area (TPSA) is 38.9 Å². The minimum Gasteiger partial charge on any atom is -0.500 e. The van der Waals surface area contributed by atoms with Crippen molar-refractivity contribution < 1.29 is 36.9 Å². The number of fused-ring (bicyclic) bond motifs is 5. The number of nitrogens with zero attached hydrogens (tertiary/aromatic N) is 2. The van der Waals surface area contributed by atoms with Crippen LogP contribution in [0.15, 0.2) is 120 Å². The predicted octanol–water partition coefficient (Wildman–Crippen LogP) is 14.1. The summed E-state index contributed by atoms with van der Waals surface area (Å²) >= 11 is 0. The van der Waals surface area contributed by atoms with Gasteiger partial charge in [-0.3, -0.25) is 0 Å². The third-order valence-electron chi connectivity index (χ3n) is 10.8. The van der Waals surface area contributed by atoms with Crippen LogP contribution in [-0.2, 0) is 30.9 Å². The van der Waals surface area contributed by atoms with Gasteiger partial charge >= 0.3 is 0 Å². The molecule has 0 N–H and O–H groups in total. The van der Waals surface area contributed by atoms with Crippen molar-refractivity contribution in [2.24, 2.45) is 0 Å². The van der Waals surface area contributed by atoms with Gasteiger partial charge in [-0.05, 0) is 87.5 Å². The molecule has 0 spiro atoms. The Hall–Kier alpha value is -4.89. The number of rotatable bonds is 6. The Morgan fingerprint density at radius 3 is 2.11 bits per heavy atom. The smallest absolute Gasteiger partial charge is 0.128 e. The van der Waals surface area contributed by atoms with Crippen molar-refractivity contribution in [3.8, 4) is 33.6 Å². The van der Waals surface area contributed by atoms with Gasteiger partial charge in [0.1, 0.15) is 5.58 Å². The molecule has 0 aliphatic rings. The molecule has 1 radical (unpaired) electrons. The van der Waals surface area contributed by atoms with E-state index in [1.54, 1.807) is 36.4 Å². The van der Waals surface area contributed by atoms with Crippen LogP contribution in [0.3, 0.4) is 0 Å². The molecular weight excluding hydrogens is 849 g/mol. The number of hydrogen-bond acceptors (Lipinski definition) is 3. The summed E-state index contributed by atoms with van der Waals surface area (Å²) in [7, 11) is 0. The quantitative estimate of drug-likeness (QED) is 0.156. The maximum Gasteiger partial charge on any atom is 0.128 e. The summed E-state index contributed by atoms with van der Waals surface area (Å²) in [5.74, 6) is 0. The average molecular weight is 908 g/mol. The summed E-state index contributed by atoms with van der Waals surface area (Å²) in [5, 5.41) is 3.90. The molecule has 4 heteroatoms. The van der Waals surface area contributed by atoms with Crippen molar-refractivity contribution in [2.45, 2.75) is 85.8 Å². The van der Waals surface area contributed by atoms with E-state index < -0.39 is 20.6 Å². The van der Waals surface area contributed by atoms with E-state index in [0.29, 0.717) is 33.5 Å². The summed E-state index contributed by atoms with van der Waals surface area (Å²) in [6.07, 6.45) is 4.88. The van der Waals surface area contributed by atoms with Gasteiger partial charge in [0.25, 0.3) is 0 Å². The Bertz CT molecular complexity index is 2870. The van der Waals surface area contributed by atoms with Crippen LogP contribution in [0.2, 0.25) is 0 Å². The third-order valence-corrected chi connectivity index (χ3v) is 10.8. The van der Waals surface area contributed by atoms with E-state index >= 15 is 0 Å². The molecule has 0 atom stereocenters. The molecule has 5 aromatic carbocycles. The van der Waals surface area contributed by atoms with Crippen LogP contribution in [0.25, 0.3) is 66.4 Å². The number of benzene rings is 5. The molecule has 0 fully saturated rings. The van der Waals surface area contributed by atoms with Gasteiger partial charge < -0.3 is 14.4 Å². The molecule has 55 heavy (non-hydrogen) atoms. The van der Waals surface area contributed by atoms with Crippen molar-refractivity contribution in [3.63, 3.8) is 0 Å². The molecule has 3 nitrogen and oxygen atoms in total. The fourth-order valence-electron chi connectivity index (χ4n) is 6.87. The van der Waals surface area contributed by atoms with Crippen LogP contribution in [0.5, 0.6) is 0 Å². The summed E-state index contributed by atoms with van der Waals surface area (Å²) in [6, 6.07) is 38.1. The van der Waals surface area contributed by atoms with Crippen molar-refractivity contribution in [1.29, 1.82) is 0 Å². The minimum absolute atomic E-state index is 0. The van der Waals surface area contributed by atoms with Crippen molar-refractivity contribution >= 4 is 32.7 Å². The maximum absolute atomic E-state index is 8.41. The molecule has 8 aromatic rings. The third kappa shape index (κ3) is 7.95. The second kappa shape index (κ2) is 16.1. The Labute approximate surface area is 353 Å². The number of hydrogen-bond donors (Lipinski definition) is 0. The molecule has 0 bridgehead atoms. The molecule has 8 rings (SSSR count). The maximum atomic E-state index is 8.41. The molecule has 3 heterocycles. The second-order valence-electron chi connectivity index (χ2n) is 15.2. The van der Waals surface area contributed by atoms with E-state index in [9.17, 15) is 0 Å². The zero-order chi connectivity index (χ0) is 45.7. The Balaban J connectivity index is 0.000000272. The summed E-state index contributed by atoms with van der Waals surface area (Å²) in [6.45, 7) is 5.66. The zero-order valence-corrected chi connectivity index (χ0v) is 34.4. The van der Waals surface area contributed by atoms with E-state index in [0.717, 1.165) is 56.8 Å². The van der Waals surface area contributed by atoms with Crippen LogP contribution in [0.1, 0.15) is 94.5 Å². The fourth-order valence-corrected chi connectivity index (χ4v) is 6.87. The number of aryl methyl sites for hydroxylation is 3. The Morgan fingerprint density at radius 1 is 0.655 bits per heavy atom. The molecule has 0 amide bonds. The van der Waals surface area contributed by atoms with Gasteiger partial charge in [-0.1, -0.05) is 132 Å².